The number of hydrogen-bond donors (Lipinski definition) is 0. The number of fused-ring (bicyclic) bond motifs is 6. The maximum Gasteiger partial charge on any atom is 0.0158 e. The molecule has 0 N–H and O–H groups in total. The van der Waals surface area contributed by atoms with E-state index in [1.165, 1.54) is 110 Å². The van der Waals surface area contributed by atoms with Crippen molar-refractivity contribution in [3.05, 3.63) is 155 Å². The number of hydrogen-bond acceptors (Lipinski definition) is 0. The molecule has 0 amide bonds. The van der Waals surface area contributed by atoms with Crippen LogP contribution in [0, 0.1) is 22.7 Å². The van der Waals surface area contributed by atoms with Gasteiger partial charge in [-0.1, -0.05) is 223 Å². The highest BCUT2D eigenvalue weighted by Gasteiger charge is 2.40. The van der Waals surface area contributed by atoms with Crippen molar-refractivity contribution in [1.82, 2.24) is 0 Å². The van der Waals surface area contributed by atoms with Crippen molar-refractivity contribution in [2.24, 2.45) is 22.7 Å². The summed E-state index contributed by atoms with van der Waals surface area (Å²) in [5.74, 6) is 1.35. The topological polar surface area (TPSA) is 0 Å². The SMILES string of the molecule is CC1(C)CCCC1.CC1(C)CCCCC1.CC1(C)CCc2ccccc21.CC1(C)c2ccccc2-c2ccccc21.CC1(C)c2ccccc2CC2C=CC=CC21. The van der Waals surface area contributed by atoms with Crippen LogP contribution in [-0.2, 0) is 29.1 Å². The molecule has 2 atom stereocenters. The van der Waals surface area contributed by atoms with E-state index in [9.17, 15) is 0 Å². The Balaban J connectivity index is 0.000000125. The van der Waals surface area contributed by atoms with Crippen molar-refractivity contribution in [1.29, 1.82) is 0 Å². The monoisotopic (exact) mass is 761 g/mol. The summed E-state index contributed by atoms with van der Waals surface area (Å²) in [6, 6.07) is 35.2. The summed E-state index contributed by atoms with van der Waals surface area (Å²) in [6.45, 7) is 23.5. The minimum absolute atomic E-state index is 0.160. The van der Waals surface area contributed by atoms with Crippen LogP contribution in [0.15, 0.2) is 121 Å². The van der Waals surface area contributed by atoms with E-state index >= 15 is 0 Å². The average molecular weight is 761 g/mol. The molecule has 0 bridgehead atoms. The standard InChI is InChI=1S/C16H18.C15H14.C11H14.C8H16.C7H14/c1-16(2)14-9-5-3-7-12(14)11-13-8-4-6-10-15(13)16;1-15(2)13-9-5-3-7-11(13)12-8-4-6-10-14(12)15;1-11(2)8-7-9-5-3-4-6-10(9)11;1-8(2)6-4-3-5-7-8;1-7(2)5-3-4-6-7/h3-10,12,14H,11H2,1-2H3;3-10H,1-2H3;3-6H,7-8H2,1-2H3;3-7H2,1-2H3;3-6H2,1-2H3. The molecule has 2 saturated carbocycles. The predicted molar refractivity (Wildman–Crippen MR) is 249 cm³/mol. The molecule has 57 heavy (non-hydrogen) atoms. The maximum absolute atomic E-state index is 2.39. The molecule has 0 aliphatic heterocycles. The zero-order valence-corrected chi connectivity index (χ0v) is 37.7. The smallest absolute Gasteiger partial charge is 0.0158 e. The molecule has 0 heteroatoms. The third-order valence-electron chi connectivity index (χ3n) is 14.7. The Morgan fingerprint density at radius 3 is 1.35 bits per heavy atom. The molecule has 4 aromatic rings. The number of aryl methyl sites for hydroxylation is 1. The van der Waals surface area contributed by atoms with E-state index in [1.54, 1.807) is 11.1 Å². The molecule has 304 valence electrons. The molecule has 0 nitrogen and oxygen atoms in total. The molecule has 0 heterocycles. The van der Waals surface area contributed by atoms with Gasteiger partial charge in [-0.3, -0.25) is 0 Å². The first-order valence-electron chi connectivity index (χ1n) is 22.7. The van der Waals surface area contributed by atoms with Gasteiger partial charge in [-0.15, -0.1) is 0 Å². The van der Waals surface area contributed by atoms with Crippen LogP contribution in [0.2, 0.25) is 0 Å². The number of allylic oxidation sites excluding steroid dienone is 4. The fourth-order valence-corrected chi connectivity index (χ4v) is 10.9. The Kier molecular flexibility index (Phi) is 13.3. The van der Waals surface area contributed by atoms with Gasteiger partial charge in [-0.2, -0.15) is 0 Å². The minimum Gasteiger partial charge on any atom is -0.0805 e. The Hall–Kier alpha value is -3.64. The largest absolute Gasteiger partial charge is 0.0805 e. The highest BCUT2D eigenvalue weighted by Crippen LogP contribution is 2.49. The molecule has 4 aromatic carbocycles. The Labute approximate surface area is 349 Å². The predicted octanol–water partition coefficient (Wildman–Crippen LogP) is 16.3. The quantitative estimate of drug-likeness (QED) is 0.167. The Morgan fingerprint density at radius 2 is 0.860 bits per heavy atom. The normalized spacial score (nSPS) is 23.7. The van der Waals surface area contributed by atoms with Crippen molar-refractivity contribution in [2.45, 2.75) is 163 Å². The summed E-state index contributed by atoms with van der Waals surface area (Å²) >= 11 is 0. The second kappa shape index (κ2) is 17.7. The molecular weight excluding hydrogens is 685 g/mol. The summed E-state index contributed by atoms with van der Waals surface area (Å²) in [7, 11) is 0. The first kappa shape index (κ1) is 43.0. The van der Waals surface area contributed by atoms with E-state index in [4.69, 9.17) is 0 Å². The summed E-state index contributed by atoms with van der Waals surface area (Å²) < 4.78 is 0. The van der Waals surface area contributed by atoms with E-state index in [2.05, 4.69) is 191 Å². The summed E-state index contributed by atoms with van der Waals surface area (Å²) in [6.07, 6.45) is 26.1. The van der Waals surface area contributed by atoms with Crippen LogP contribution in [0.3, 0.4) is 0 Å². The number of benzene rings is 4. The van der Waals surface area contributed by atoms with Gasteiger partial charge in [0.15, 0.2) is 0 Å². The van der Waals surface area contributed by atoms with E-state index in [1.807, 2.05) is 0 Å². The first-order chi connectivity index (χ1) is 27.0. The zero-order chi connectivity index (χ0) is 40.9. The molecular formula is C57H76. The highest BCUT2D eigenvalue weighted by atomic mass is 14.4. The average Bonchev–Trinajstić information content (AvgIpc) is 3.83. The molecule has 0 aromatic heterocycles. The van der Waals surface area contributed by atoms with E-state index in [0.29, 0.717) is 28.1 Å². The molecule has 2 unspecified atom stereocenters. The summed E-state index contributed by atoms with van der Waals surface area (Å²) in [5.41, 5.74) is 14.1. The van der Waals surface area contributed by atoms with Crippen molar-refractivity contribution >= 4 is 0 Å². The lowest BCUT2D eigenvalue weighted by atomic mass is 9.60. The fourth-order valence-electron chi connectivity index (χ4n) is 10.9. The Bertz CT molecular complexity index is 1930. The van der Waals surface area contributed by atoms with E-state index < -0.39 is 0 Å². The van der Waals surface area contributed by atoms with Crippen molar-refractivity contribution in [3.63, 3.8) is 0 Å². The molecule has 6 aliphatic carbocycles. The summed E-state index contributed by atoms with van der Waals surface area (Å²) in [5, 5.41) is 0. The van der Waals surface area contributed by atoms with Gasteiger partial charge in [-0.05, 0) is 123 Å². The zero-order valence-electron chi connectivity index (χ0n) is 37.7. The van der Waals surface area contributed by atoms with Crippen LogP contribution in [0.5, 0.6) is 0 Å². The van der Waals surface area contributed by atoms with Gasteiger partial charge in [0.25, 0.3) is 0 Å². The van der Waals surface area contributed by atoms with Gasteiger partial charge in [0.05, 0.1) is 0 Å². The molecule has 0 saturated heterocycles. The lowest BCUT2D eigenvalue weighted by molar-refractivity contribution is 0.244. The van der Waals surface area contributed by atoms with Crippen LogP contribution < -0.4 is 0 Å². The molecule has 6 aliphatic rings. The van der Waals surface area contributed by atoms with E-state index in [-0.39, 0.29) is 10.8 Å². The van der Waals surface area contributed by atoms with Crippen LogP contribution in [0.1, 0.15) is 167 Å². The minimum atomic E-state index is 0.160. The lowest BCUT2D eigenvalue weighted by Gasteiger charge is -2.44. The van der Waals surface area contributed by atoms with Crippen molar-refractivity contribution in [2.75, 3.05) is 0 Å². The first-order valence-corrected chi connectivity index (χ1v) is 22.7. The molecule has 0 radical (unpaired) electrons. The second-order valence-electron chi connectivity index (χ2n) is 21.4. The van der Waals surface area contributed by atoms with Crippen LogP contribution in [-0.4, -0.2) is 0 Å². The molecule has 2 fully saturated rings. The highest BCUT2D eigenvalue weighted by molar-refractivity contribution is 5.80. The van der Waals surface area contributed by atoms with Crippen LogP contribution >= 0.6 is 0 Å². The van der Waals surface area contributed by atoms with Gasteiger partial charge in [0.2, 0.25) is 0 Å². The molecule has 0 spiro atoms. The molecule has 10 rings (SSSR count). The van der Waals surface area contributed by atoms with Crippen LogP contribution in [0.4, 0.5) is 0 Å². The van der Waals surface area contributed by atoms with Gasteiger partial charge in [0.1, 0.15) is 0 Å². The lowest BCUT2D eigenvalue weighted by Crippen LogP contribution is -2.39. The van der Waals surface area contributed by atoms with Crippen molar-refractivity contribution in [3.8, 4) is 11.1 Å². The van der Waals surface area contributed by atoms with Crippen LogP contribution in [0.25, 0.3) is 11.1 Å². The van der Waals surface area contributed by atoms with Gasteiger partial charge in [0, 0.05) is 5.41 Å². The van der Waals surface area contributed by atoms with Gasteiger partial charge < -0.3 is 0 Å². The van der Waals surface area contributed by atoms with Crippen molar-refractivity contribution < 1.29 is 0 Å². The van der Waals surface area contributed by atoms with E-state index in [0.717, 1.165) is 0 Å². The summed E-state index contributed by atoms with van der Waals surface area (Å²) in [4.78, 5) is 0. The third kappa shape index (κ3) is 10.2. The van der Waals surface area contributed by atoms with Gasteiger partial charge in [-0.25, -0.2) is 0 Å². The maximum atomic E-state index is 2.39. The number of rotatable bonds is 0. The third-order valence-corrected chi connectivity index (χ3v) is 14.7. The second-order valence-corrected chi connectivity index (χ2v) is 21.4. The fraction of sp³-hybridized carbons (Fsp3) is 0.509. The Morgan fingerprint density at radius 1 is 0.421 bits per heavy atom. The van der Waals surface area contributed by atoms with Gasteiger partial charge >= 0.3 is 0 Å².